The highest BCUT2D eigenvalue weighted by Crippen LogP contribution is 2.30. The Morgan fingerprint density at radius 3 is 2.55 bits per heavy atom. The lowest BCUT2D eigenvalue weighted by molar-refractivity contribution is -0.118. The Bertz CT molecular complexity index is 1120. The van der Waals surface area contributed by atoms with Crippen molar-refractivity contribution < 1.29 is 18.7 Å². The minimum absolute atomic E-state index is 0.00134. The molecule has 0 saturated heterocycles. The number of benzene rings is 2. The SMILES string of the molecule is CCCOc1ccc(F)c2c(=O)c(-c3ccc(OC)cc3)cn(CCCNC(C)=O)c12. The van der Waals surface area contributed by atoms with Gasteiger partial charge in [0.25, 0.3) is 0 Å². The molecule has 164 valence electrons. The summed E-state index contributed by atoms with van der Waals surface area (Å²) in [5.41, 5.74) is 1.10. The van der Waals surface area contributed by atoms with Crippen molar-refractivity contribution in [2.45, 2.75) is 33.2 Å². The summed E-state index contributed by atoms with van der Waals surface area (Å²) in [4.78, 5) is 24.5. The highest BCUT2D eigenvalue weighted by atomic mass is 19.1. The van der Waals surface area contributed by atoms with Gasteiger partial charge >= 0.3 is 0 Å². The lowest BCUT2D eigenvalue weighted by Crippen LogP contribution is -2.22. The number of hydrogen-bond acceptors (Lipinski definition) is 4. The number of nitrogens with one attached hydrogen (secondary N) is 1. The summed E-state index contributed by atoms with van der Waals surface area (Å²) in [6.07, 6.45) is 3.14. The van der Waals surface area contributed by atoms with E-state index < -0.39 is 11.2 Å². The standard InChI is InChI=1S/C24H27FN2O4/c1-4-14-31-21-11-10-20(25)22-23(21)27(13-5-12-26-16(2)28)15-19(24(22)29)17-6-8-18(30-3)9-7-17/h6-11,15H,4-5,12-14H2,1-3H3,(H,26,28). The molecule has 0 fully saturated rings. The third-order valence-electron chi connectivity index (χ3n) is 4.95. The average Bonchev–Trinajstić information content (AvgIpc) is 2.77. The molecule has 6 nitrogen and oxygen atoms in total. The molecule has 1 heterocycles. The number of aromatic nitrogens is 1. The van der Waals surface area contributed by atoms with E-state index in [4.69, 9.17) is 9.47 Å². The largest absolute Gasteiger partial charge is 0.497 e. The van der Waals surface area contributed by atoms with Crippen LogP contribution in [0.25, 0.3) is 22.0 Å². The van der Waals surface area contributed by atoms with E-state index in [2.05, 4.69) is 5.32 Å². The Morgan fingerprint density at radius 1 is 1.16 bits per heavy atom. The number of pyridine rings is 1. The number of hydrogen-bond donors (Lipinski definition) is 1. The number of amides is 1. The van der Waals surface area contributed by atoms with E-state index in [0.717, 1.165) is 6.42 Å². The van der Waals surface area contributed by atoms with Gasteiger partial charge in [0.05, 0.1) is 24.6 Å². The number of carbonyl (C=O) groups excluding carboxylic acids is 1. The lowest BCUT2D eigenvalue weighted by atomic mass is 10.0. The van der Waals surface area contributed by atoms with Gasteiger partial charge in [0.1, 0.15) is 17.3 Å². The molecule has 1 N–H and O–H groups in total. The molecule has 1 aromatic heterocycles. The normalized spacial score (nSPS) is 10.8. The fraction of sp³-hybridized carbons (Fsp3) is 0.333. The molecule has 31 heavy (non-hydrogen) atoms. The van der Waals surface area contributed by atoms with E-state index in [1.54, 1.807) is 43.6 Å². The minimum atomic E-state index is -0.588. The average molecular weight is 426 g/mol. The molecule has 0 radical (unpaired) electrons. The molecule has 0 atom stereocenters. The van der Waals surface area contributed by atoms with Gasteiger partial charge in [-0.3, -0.25) is 9.59 Å². The van der Waals surface area contributed by atoms with Crippen LogP contribution in [0.1, 0.15) is 26.7 Å². The Morgan fingerprint density at radius 2 is 1.90 bits per heavy atom. The molecular weight excluding hydrogens is 399 g/mol. The second kappa shape index (κ2) is 10.1. The number of fused-ring (bicyclic) bond motifs is 1. The van der Waals surface area contributed by atoms with Gasteiger partial charge in [-0.25, -0.2) is 4.39 Å². The third kappa shape index (κ3) is 5.05. The summed E-state index contributed by atoms with van der Waals surface area (Å²) in [5, 5.41) is 2.76. The first kappa shape index (κ1) is 22.3. The van der Waals surface area contributed by atoms with Crippen molar-refractivity contribution in [1.29, 1.82) is 0 Å². The van der Waals surface area contributed by atoms with E-state index in [0.29, 0.717) is 54.3 Å². The summed E-state index contributed by atoms with van der Waals surface area (Å²) in [6.45, 7) is 4.85. The molecule has 0 unspecified atom stereocenters. The monoisotopic (exact) mass is 426 g/mol. The lowest BCUT2D eigenvalue weighted by Gasteiger charge is -2.18. The molecule has 0 bridgehead atoms. The number of rotatable bonds is 9. The van der Waals surface area contributed by atoms with Crippen molar-refractivity contribution >= 4 is 16.8 Å². The van der Waals surface area contributed by atoms with E-state index in [-0.39, 0.29) is 11.3 Å². The first-order valence-corrected chi connectivity index (χ1v) is 10.3. The fourth-order valence-electron chi connectivity index (χ4n) is 3.46. The van der Waals surface area contributed by atoms with Crippen molar-refractivity contribution in [3.8, 4) is 22.6 Å². The number of halogens is 1. The zero-order valence-corrected chi connectivity index (χ0v) is 18.0. The quantitative estimate of drug-likeness (QED) is 0.523. The number of nitrogens with zero attached hydrogens (tertiary/aromatic N) is 1. The maximum absolute atomic E-state index is 14.9. The summed E-state index contributed by atoms with van der Waals surface area (Å²) >= 11 is 0. The van der Waals surface area contributed by atoms with Crippen LogP contribution >= 0.6 is 0 Å². The van der Waals surface area contributed by atoms with Crippen LogP contribution in [0.3, 0.4) is 0 Å². The van der Waals surface area contributed by atoms with Crippen molar-refractivity contribution in [3.63, 3.8) is 0 Å². The molecular formula is C24H27FN2O4. The number of methoxy groups -OCH3 is 1. The molecule has 0 aliphatic rings. The van der Waals surface area contributed by atoms with Crippen LogP contribution < -0.4 is 20.2 Å². The van der Waals surface area contributed by atoms with Crippen LogP contribution in [-0.2, 0) is 11.3 Å². The van der Waals surface area contributed by atoms with Crippen LogP contribution in [0.2, 0.25) is 0 Å². The molecule has 2 aromatic carbocycles. The van der Waals surface area contributed by atoms with Gasteiger partial charge in [0, 0.05) is 31.8 Å². The van der Waals surface area contributed by atoms with Gasteiger partial charge in [0.2, 0.25) is 5.91 Å². The van der Waals surface area contributed by atoms with Crippen molar-refractivity contribution in [1.82, 2.24) is 9.88 Å². The summed E-state index contributed by atoms with van der Waals surface area (Å²) in [7, 11) is 1.57. The number of aryl methyl sites for hydroxylation is 1. The molecule has 0 aliphatic carbocycles. The maximum atomic E-state index is 14.9. The zero-order chi connectivity index (χ0) is 22.4. The topological polar surface area (TPSA) is 69.6 Å². The second-order valence-electron chi connectivity index (χ2n) is 7.25. The van der Waals surface area contributed by atoms with Gasteiger partial charge in [-0.05, 0) is 42.7 Å². The van der Waals surface area contributed by atoms with E-state index in [1.165, 1.54) is 13.0 Å². The van der Waals surface area contributed by atoms with Crippen LogP contribution in [0.5, 0.6) is 11.5 Å². The minimum Gasteiger partial charge on any atom is -0.497 e. The molecule has 1 amide bonds. The molecule has 7 heteroatoms. The van der Waals surface area contributed by atoms with Crippen LogP contribution in [0.15, 0.2) is 47.4 Å². The second-order valence-corrected chi connectivity index (χ2v) is 7.25. The first-order chi connectivity index (χ1) is 15.0. The predicted octanol–water partition coefficient (Wildman–Crippen LogP) is 4.13. The van der Waals surface area contributed by atoms with E-state index in [9.17, 15) is 14.0 Å². The zero-order valence-electron chi connectivity index (χ0n) is 18.0. The van der Waals surface area contributed by atoms with Gasteiger partial charge < -0.3 is 19.4 Å². The molecule has 3 aromatic rings. The first-order valence-electron chi connectivity index (χ1n) is 10.3. The van der Waals surface area contributed by atoms with Crippen LogP contribution in [0.4, 0.5) is 4.39 Å². The maximum Gasteiger partial charge on any atom is 0.216 e. The smallest absolute Gasteiger partial charge is 0.216 e. The highest BCUT2D eigenvalue weighted by Gasteiger charge is 2.18. The molecule has 0 aliphatic heterocycles. The van der Waals surface area contributed by atoms with Gasteiger partial charge in [-0.1, -0.05) is 19.1 Å². The highest BCUT2D eigenvalue weighted by molar-refractivity contribution is 5.89. The summed E-state index contributed by atoms with van der Waals surface area (Å²) in [5.74, 6) is 0.439. The Hall–Kier alpha value is -3.35. The van der Waals surface area contributed by atoms with Crippen LogP contribution in [0, 0.1) is 5.82 Å². The summed E-state index contributed by atoms with van der Waals surface area (Å²) in [6, 6.07) is 9.91. The Labute approximate surface area is 180 Å². The van der Waals surface area contributed by atoms with Gasteiger partial charge in [-0.2, -0.15) is 0 Å². The molecule has 0 saturated carbocycles. The summed E-state index contributed by atoms with van der Waals surface area (Å²) < 4.78 is 27.8. The predicted molar refractivity (Wildman–Crippen MR) is 119 cm³/mol. The Kier molecular flexibility index (Phi) is 7.28. The number of ether oxygens (including phenoxy) is 2. The van der Waals surface area contributed by atoms with E-state index >= 15 is 0 Å². The van der Waals surface area contributed by atoms with Crippen molar-refractivity contribution in [2.24, 2.45) is 0 Å². The van der Waals surface area contributed by atoms with Gasteiger partial charge in [0.15, 0.2) is 5.43 Å². The van der Waals surface area contributed by atoms with Crippen LogP contribution in [-0.4, -0.2) is 30.7 Å². The third-order valence-corrected chi connectivity index (χ3v) is 4.95. The van der Waals surface area contributed by atoms with Crippen molar-refractivity contribution in [2.75, 3.05) is 20.3 Å². The molecule has 0 spiro atoms. The molecule has 3 rings (SSSR count). The number of carbonyl (C=O) groups is 1. The Balaban J connectivity index is 2.16. The fourth-order valence-corrected chi connectivity index (χ4v) is 3.46. The van der Waals surface area contributed by atoms with Gasteiger partial charge in [-0.15, -0.1) is 0 Å². The van der Waals surface area contributed by atoms with E-state index in [1.807, 2.05) is 11.5 Å². The van der Waals surface area contributed by atoms with Crippen molar-refractivity contribution in [3.05, 3.63) is 58.6 Å².